The van der Waals surface area contributed by atoms with Crippen molar-refractivity contribution in [1.29, 1.82) is 0 Å². The summed E-state index contributed by atoms with van der Waals surface area (Å²) in [5.74, 6) is -3.16. The molecule has 0 amide bonds. The molecule has 0 aliphatic carbocycles. The van der Waals surface area contributed by atoms with Crippen LogP contribution in [-0.4, -0.2) is 35.8 Å². The molecule has 0 rings (SSSR count). The molecule has 0 N–H and O–H groups in total. The maximum Gasteiger partial charge on any atom is 0.313 e. The highest BCUT2D eigenvalue weighted by Crippen LogP contribution is 1.88. The van der Waals surface area contributed by atoms with Gasteiger partial charge in [0.2, 0.25) is 0 Å². The van der Waals surface area contributed by atoms with Crippen LogP contribution in [0.2, 0.25) is 0 Å². The van der Waals surface area contributed by atoms with Crippen LogP contribution in [0.15, 0.2) is 0 Å². The Hall–Kier alpha value is -2.58. The van der Waals surface area contributed by atoms with E-state index in [1.807, 2.05) is 0 Å². The van der Waals surface area contributed by atoms with Crippen molar-refractivity contribution in [2.75, 3.05) is 0 Å². The van der Waals surface area contributed by atoms with Crippen LogP contribution in [0.1, 0.15) is 54.4 Å². The van der Waals surface area contributed by atoms with Gasteiger partial charge in [0.25, 0.3) is 0 Å². The van der Waals surface area contributed by atoms with E-state index in [9.17, 15) is 28.8 Å². The van der Waals surface area contributed by atoms with Crippen LogP contribution in [0.4, 0.5) is 0 Å². The van der Waals surface area contributed by atoms with E-state index in [1.165, 1.54) is 27.7 Å². The first-order valence-corrected chi connectivity index (χ1v) is 6.57. The molecule has 0 bridgehead atoms. The molecule has 23 heavy (non-hydrogen) atoms. The van der Waals surface area contributed by atoms with Gasteiger partial charge in [-0.05, 0) is 0 Å². The van der Waals surface area contributed by atoms with Gasteiger partial charge in [0.1, 0.15) is 0 Å². The number of hydrogen-bond donors (Lipinski definition) is 0. The quantitative estimate of drug-likeness (QED) is 0.413. The van der Waals surface area contributed by atoms with Crippen molar-refractivity contribution >= 4 is 35.8 Å². The number of carbonyl (C=O) groups is 6. The highest BCUT2D eigenvalue weighted by Gasteiger charge is 2.03. The molecule has 0 aromatic heterocycles. The minimum absolute atomic E-state index is 0.256. The van der Waals surface area contributed by atoms with Crippen LogP contribution in [0.25, 0.3) is 0 Å². The average molecular weight is 334 g/mol. The largest absolute Gasteiger partial charge is 0.394 e. The summed E-state index contributed by atoms with van der Waals surface area (Å²) in [6.45, 7) is 8.02. The molecule has 9 heteroatoms. The minimum Gasteiger partial charge on any atom is -0.394 e. The summed E-state index contributed by atoms with van der Waals surface area (Å²) in [7, 11) is 0. The third-order valence-electron chi connectivity index (χ3n) is 1.38. The van der Waals surface area contributed by atoms with Crippen LogP contribution < -0.4 is 0 Å². The zero-order valence-electron chi connectivity index (χ0n) is 14.1. The fraction of sp³-hybridized carbons (Fsp3) is 0.571. The Bertz CT molecular complexity index is 374. The Morgan fingerprint density at radius 1 is 0.522 bits per heavy atom. The zero-order chi connectivity index (χ0) is 19.0. The Morgan fingerprint density at radius 3 is 0.826 bits per heavy atom. The highest BCUT2D eigenvalue weighted by molar-refractivity contribution is 5.85. The van der Waals surface area contributed by atoms with Crippen molar-refractivity contribution < 1.29 is 43.0 Å². The monoisotopic (exact) mass is 334 g/mol. The van der Waals surface area contributed by atoms with Gasteiger partial charge in [0.05, 0.1) is 0 Å². The van der Waals surface area contributed by atoms with Gasteiger partial charge in [-0.3, -0.25) is 28.8 Å². The van der Waals surface area contributed by atoms with Gasteiger partial charge in [0.15, 0.2) is 0 Å². The van der Waals surface area contributed by atoms with Gasteiger partial charge in [-0.25, -0.2) is 0 Å². The van der Waals surface area contributed by atoms with E-state index in [2.05, 4.69) is 14.2 Å². The lowest BCUT2D eigenvalue weighted by Gasteiger charge is -1.95. The van der Waals surface area contributed by atoms with Crippen LogP contribution in [0.5, 0.6) is 0 Å². The smallest absolute Gasteiger partial charge is 0.313 e. The lowest BCUT2D eigenvalue weighted by Crippen LogP contribution is -2.09. The first kappa shape index (κ1) is 25.4. The average Bonchev–Trinajstić information content (AvgIpc) is 2.36. The summed E-state index contributed by atoms with van der Waals surface area (Å²) in [6, 6.07) is 0. The second-order valence-electron chi connectivity index (χ2n) is 3.72. The Labute approximate surface area is 134 Å². The summed E-state index contributed by atoms with van der Waals surface area (Å²) in [6.07, 6.45) is 0.511. The Kier molecular flexibility index (Phi) is 17.4. The second-order valence-corrected chi connectivity index (χ2v) is 3.72. The molecule has 0 aliphatic heterocycles. The van der Waals surface area contributed by atoms with Gasteiger partial charge in [0, 0.05) is 40.5 Å². The van der Waals surface area contributed by atoms with Crippen molar-refractivity contribution in [3.8, 4) is 0 Å². The SMILES string of the molecule is CC(=O)OC(C)=O.CC(=O)OC(C)=O.CCC(=O)OC(=O)CC. The molecule has 9 nitrogen and oxygen atoms in total. The molecule has 0 radical (unpaired) electrons. The first-order valence-electron chi connectivity index (χ1n) is 6.57. The minimum atomic E-state index is -0.562. The first-order chi connectivity index (χ1) is 10.5. The lowest BCUT2D eigenvalue weighted by molar-refractivity contribution is -0.160. The number of esters is 6. The predicted octanol–water partition coefficient (Wildman–Crippen LogP) is 1.07. The van der Waals surface area contributed by atoms with E-state index in [1.54, 1.807) is 13.8 Å². The Morgan fingerprint density at radius 2 is 0.739 bits per heavy atom. The van der Waals surface area contributed by atoms with Crippen molar-refractivity contribution in [1.82, 2.24) is 0 Å². The molecule has 0 aromatic carbocycles. The molecule has 0 aromatic rings. The maximum absolute atomic E-state index is 10.3. The van der Waals surface area contributed by atoms with Gasteiger partial charge >= 0.3 is 35.8 Å². The molecule has 0 fully saturated rings. The molecule has 0 saturated carbocycles. The summed E-state index contributed by atoms with van der Waals surface area (Å²) in [4.78, 5) is 59.9. The third kappa shape index (κ3) is 32.7. The van der Waals surface area contributed by atoms with E-state index >= 15 is 0 Å². The summed E-state index contributed by atoms with van der Waals surface area (Å²) < 4.78 is 12.2. The van der Waals surface area contributed by atoms with Crippen molar-refractivity contribution in [2.45, 2.75) is 54.4 Å². The third-order valence-corrected chi connectivity index (χ3v) is 1.38. The lowest BCUT2D eigenvalue weighted by atomic mass is 10.5. The summed E-state index contributed by atoms with van der Waals surface area (Å²) in [5.41, 5.74) is 0. The molecule has 0 unspecified atom stereocenters. The fourth-order valence-corrected chi connectivity index (χ4v) is 0.676. The zero-order valence-corrected chi connectivity index (χ0v) is 14.1. The van der Waals surface area contributed by atoms with Crippen LogP contribution in [0, 0.1) is 0 Å². The molecular weight excluding hydrogens is 312 g/mol. The van der Waals surface area contributed by atoms with E-state index in [0.717, 1.165) is 0 Å². The van der Waals surface area contributed by atoms with Crippen molar-refractivity contribution in [3.63, 3.8) is 0 Å². The van der Waals surface area contributed by atoms with Crippen molar-refractivity contribution in [3.05, 3.63) is 0 Å². The van der Waals surface area contributed by atoms with Gasteiger partial charge in [-0.1, -0.05) is 13.8 Å². The standard InChI is InChI=1S/C6H10O3.2C4H6O3/c1-3-5(7)9-6(8)4-2;2*1-3(5)7-4(2)6/h3-4H2,1-2H3;2*1-2H3. The van der Waals surface area contributed by atoms with E-state index in [0.29, 0.717) is 0 Å². The highest BCUT2D eigenvalue weighted by atomic mass is 16.6. The predicted molar refractivity (Wildman–Crippen MR) is 76.6 cm³/mol. The molecule has 0 atom stereocenters. The fourth-order valence-electron chi connectivity index (χ4n) is 0.676. The number of carbonyl (C=O) groups excluding carboxylic acids is 6. The second kappa shape index (κ2) is 15.8. The molecule has 0 saturated heterocycles. The van der Waals surface area contributed by atoms with Crippen LogP contribution in [0.3, 0.4) is 0 Å². The van der Waals surface area contributed by atoms with Crippen LogP contribution in [-0.2, 0) is 43.0 Å². The molecule has 0 aliphatic rings. The molecule has 0 spiro atoms. The van der Waals surface area contributed by atoms with Crippen LogP contribution >= 0.6 is 0 Å². The van der Waals surface area contributed by atoms with E-state index < -0.39 is 35.8 Å². The topological polar surface area (TPSA) is 130 Å². The number of rotatable bonds is 2. The Balaban J connectivity index is -0.000000264. The van der Waals surface area contributed by atoms with E-state index in [-0.39, 0.29) is 12.8 Å². The molecule has 132 valence electrons. The van der Waals surface area contributed by atoms with Gasteiger partial charge in [-0.15, -0.1) is 0 Å². The van der Waals surface area contributed by atoms with Crippen molar-refractivity contribution in [2.24, 2.45) is 0 Å². The molecular formula is C14H22O9. The van der Waals surface area contributed by atoms with Gasteiger partial charge in [-0.2, -0.15) is 0 Å². The number of hydrogen-bond acceptors (Lipinski definition) is 9. The van der Waals surface area contributed by atoms with Gasteiger partial charge < -0.3 is 14.2 Å². The summed E-state index contributed by atoms with van der Waals surface area (Å²) >= 11 is 0. The number of ether oxygens (including phenoxy) is 3. The normalized spacial score (nSPS) is 8.09. The summed E-state index contributed by atoms with van der Waals surface area (Å²) in [5, 5.41) is 0. The molecule has 0 heterocycles. The maximum atomic E-state index is 10.3. The van der Waals surface area contributed by atoms with E-state index in [4.69, 9.17) is 0 Å².